The number of carbonyl (C=O) groups is 1. The zero-order valence-electron chi connectivity index (χ0n) is 15.3. The first-order chi connectivity index (χ1) is 13.2. The minimum atomic E-state index is -3.78. The van der Waals surface area contributed by atoms with E-state index in [1.807, 2.05) is 0 Å². The van der Waals surface area contributed by atoms with E-state index in [0.29, 0.717) is 11.1 Å². The third-order valence-electron chi connectivity index (χ3n) is 3.68. The van der Waals surface area contributed by atoms with E-state index in [1.54, 1.807) is 6.07 Å². The summed E-state index contributed by atoms with van der Waals surface area (Å²) in [5.41, 5.74) is 1.07. The number of allylic oxidation sites excluding steroid dienone is 1. The molecule has 8 heteroatoms. The van der Waals surface area contributed by atoms with Crippen molar-refractivity contribution in [1.82, 2.24) is 0 Å². The molecule has 0 saturated heterocycles. The number of carbonyl (C=O) groups excluding carboxylic acids is 1. The normalized spacial score (nSPS) is 11.8. The summed E-state index contributed by atoms with van der Waals surface area (Å²) in [4.78, 5) is 12.0. The number of benzene rings is 2. The molecule has 2 aromatic carbocycles. The summed E-state index contributed by atoms with van der Waals surface area (Å²) in [6.45, 7) is 0. The van der Waals surface area contributed by atoms with Crippen molar-refractivity contribution in [2.75, 3.05) is 20.0 Å². The Morgan fingerprint density at radius 2 is 1.43 bits per heavy atom. The van der Waals surface area contributed by atoms with Gasteiger partial charge in [0.1, 0.15) is 5.75 Å². The smallest absolute Gasteiger partial charge is 0.179 e. The lowest BCUT2D eigenvalue weighted by molar-refractivity contribution is -0.112. The SMILES string of the molecule is COc1cc(/C=C\C(=O)CS(=O)(=O)/C=C/c2ccc(O)c(OC)c2)ccc1O. The van der Waals surface area contributed by atoms with E-state index in [0.717, 1.165) is 11.5 Å². The van der Waals surface area contributed by atoms with Gasteiger partial charge >= 0.3 is 0 Å². The van der Waals surface area contributed by atoms with Gasteiger partial charge in [-0.15, -0.1) is 0 Å². The highest BCUT2D eigenvalue weighted by Crippen LogP contribution is 2.27. The van der Waals surface area contributed by atoms with Crippen LogP contribution in [0.3, 0.4) is 0 Å². The molecule has 0 heterocycles. The zero-order chi connectivity index (χ0) is 20.7. The summed E-state index contributed by atoms with van der Waals surface area (Å²) in [6, 6.07) is 8.87. The molecule has 0 aliphatic rings. The molecule has 0 aromatic heterocycles. The Labute approximate surface area is 163 Å². The van der Waals surface area contributed by atoms with Gasteiger partial charge in [-0.2, -0.15) is 0 Å². The van der Waals surface area contributed by atoms with Crippen LogP contribution in [-0.2, 0) is 14.6 Å². The lowest BCUT2D eigenvalue weighted by Crippen LogP contribution is -2.11. The molecule has 2 aromatic rings. The molecule has 0 bridgehead atoms. The summed E-state index contributed by atoms with van der Waals surface area (Å²) in [5.74, 6) is -0.930. The molecule has 0 saturated carbocycles. The van der Waals surface area contributed by atoms with Gasteiger partial charge < -0.3 is 19.7 Å². The maximum atomic E-state index is 12.1. The van der Waals surface area contributed by atoms with Crippen LogP contribution in [0.25, 0.3) is 12.2 Å². The van der Waals surface area contributed by atoms with Crippen LogP contribution < -0.4 is 9.47 Å². The van der Waals surface area contributed by atoms with Crippen molar-refractivity contribution < 1.29 is 32.9 Å². The molecule has 0 spiro atoms. The van der Waals surface area contributed by atoms with E-state index in [4.69, 9.17) is 9.47 Å². The predicted octanol–water partition coefficient (Wildman–Crippen LogP) is 2.78. The lowest BCUT2D eigenvalue weighted by Gasteiger charge is -2.04. The highest BCUT2D eigenvalue weighted by molar-refractivity contribution is 7.95. The second-order valence-corrected chi connectivity index (χ2v) is 7.66. The quantitative estimate of drug-likeness (QED) is 0.651. The number of ether oxygens (including phenoxy) is 2. The minimum absolute atomic E-state index is 0.0375. The van der Waals surface area contributed by atoms with Crippen LogP contribution in [0.1, 0.15) is 11.1 Å². The van der Waals surface area contributed by atoms with Gasteiger partial charge in [-0.1, -0.05) is 18.2 Å². The predicted molar refractivity (Wildman–Crippen MR) is 106 cm³/mol. The Bertz CT molecular complexity index is 1020. The summed E-state index contributed by atoms with van der Waals surface area (Å²) in [5, 5.41) is 20.0. The molecule has 0 fully saturated rings. The maximum Gasteiger partial charge on any atom is 0.179 e. The average Bonchev–Trinajstić information content (AvgIpc) is 2.66. The molecule has 28 heavy (non-hydrogen) atoms. The van der Waals surface area contributed by atoms with Gasteiger partial charge in [-0.3, -0.25) is 4.79 Å². The summed E-state index contributed by atoms with van der Waals surface area (Å²) in [7, 11) is -1.000. The number of hydrogen-bond acceptors (Lipinski definition) is 7. The molecule has 0 aliphatic carbocycles. The van der Waals surface area contributed by atoms with Crippen molar-refractivity contribution in [3.8, 4) is 23.0 Å². The monoisotopic (exact) mass is 404 g/mol. The summed E-state index contributed by atoms with van der Waals surface area (Å²) in [6.07, 6.45) is 3.91. The number of rotatable bonds is 8. The van der Waals surface area contributed by atoms with E-state index in [9.17, 15) is 23.4 Å². The van der Waals surface area contributed by atoms with Crippen molar-refractivity contribution in [3.63, 3.8) is 0 Å². The number of hydrogen-bond donors (Lipinski definition) is 2. The summed E-state index contributed by atoms with van der Waals surface area (Å²) >= 11 is 0. The molecular formula is C20H20O7S. The number of methoxy groups -OCH3 is 2. The second kappa shape index (κ2) is 9.09. The van der Waals surface area contributed by atoms with Crippen LogP contribution >= 0.6 is 0 Å². The number of phenols is 2. The molecular weight excluding hydrogens is 384 g/mol. The first-order valence-corrected chi connectivity index (χ1v) is 9.81. The number of sulfone groups is 1. The molecule has 0 unspecified atom stereocenters. The highest BCUT2D eigenvalue weighted by atomic mass is 32.2. The van der Waals surface area contributed by atoms with E-state index in [2.05, 4.69) is 0 Å². The highest BCUT2D eigenvalue weighted by Gasteiger charge is 2.12. The van der Waals surface area contributed by atoms with Crippen LogP contribution in [0.2, 0.25) is 0 Å². The third kappa shape index (κ3) is 5.88. The van der Waals surface area contributed by atoms with Crippen LogP contribution in [-0.4, -0.2) is 44.4 Å². The molecule has 0 aliphatic heterocycles. The average molecular weight is 404 g/mol. The van der Waals surface area contributed by atoms with E-state index in [-0.39, 0.29) is 23.0 Å². The Morgan fingerprint density at radius 1 is 0.929 bits per heavy atom. The van der Waals surface area contributed by atoms with Crippen molar-refractivity contribution in [2.24, 2.45) is 0 Å². The number of ketones is 1. The number of phenolic OH excluding ortho intramolecular Hbond substituents is 2. The van der Waals surface area contributed by atoms with Crippen molar-refractivity contribution >= 4 is 27.8 Å². The Morgan fingerprint density at radius 3 is 1.93 bits per heavy atom. The molecule has 148 valence electrons. The molecule has 2 rings (SSSR count). The van der Waals surface area contributed by atoms with Gasteiger partial charge in [0.25, 0.3) is 0 Å². The fourth-order valence-electron chi connectivity index (χ4n) is 2.26. The van der Waals surface area contributed by atoms with Crippen molar-refractivity contribution in [1.29, 1.82) is 0 Å². The third-order valence-corrected chi connectivity index (χ3v) is 4.92. The molecule has 0 atom stereocenters. The van der Waals surface area contributed by atoms with Crippen LogP contribution in [0.5, 0.6) is 23.0 Å². The van der Waals surface area contributed by atoms with Crippen LogP contribution in [0.15, 0.2) is 47.9 Å². The van der Waals surface area contributed by atoms with Crippen LogP contribution in [0, 0.1) is 0 Å². The van der Waals surface area contributed by atoms with Crippen LogP contribution in [0.4, 0.5) is 0 Å². The lowest BCUT2D eigenvalue weighted by atomic mass is 10.2. The van der Waals surface area contributed by atoms with Crippen molar-refractivity contribution in [2.45, 2.75) is 0 Å². The van der Waals surface area contributed by atoms with E-state index in [1.165, 1.54) is 56.7 Å². The zero-order valence-corrected chi connectivity index (χ0v) is 16.1. The van der Waals surface area contributed by atoms with Gasteiger partial charge in [0, 0.05) is 5.41 Å². The molecule has 2 N–H and O–H groups in total. The molecule has 0 radical (unpaired) electrons. The van der Waals surface area contributed by atoms with Gasteiger partial charge in [-0.25, -0.2) is 8.42 Å². The Hall–Kier alpha value is -3.26. The maximum absolute atomic E-state index is 12.1. The van der Waals surface area contributed by atoms with Gasteiger partial charge in [0.15, 0.2) is 38.6 Å². The van der Waals surface area contributed by atoms with Gasteiger partial charge in [0.05, 0.1) is 14.2 Å². The van der Waals surface area contributed by atoms with E-state index >= 15 is 0 Å². The topological polar surface area (TPSA) is 110 Å². The Balaban J connectivity index is 2.06. The van der Waals surface area contributed by atoms with E-state index < -0.39 is 21.4 Å². The fraction of sp³-hybridized carbons (Fsp3) is 0.150. The van der Waals surface area contributed by atoms with Crippen molar-refractivity contribution in [3.05, 3.63) is 59.0 Å². The molecule has 7 nitrogen and oxygen atoms in total. The first-order valence-electron chi connectivity index (χ1n) is 8.10. The molecule has 0 amide bonds. The fourth-order valence-corrected chi connectivity index (χ4v) is 3.22. The summed E-state index contributed by atoms with van der Waals surface area (Å²) < 4.78 is 34.2. The number of aromatic hydroxyl groups is 2. The standard InChI is InChI=1S/C20H20O7S/c1-26-19-11-14(4-7-17(19)22)3-6-16(21)13-28(24,25)10-9-15-5-8-18(23)20(12-15)27-2/h3-12,22-23H,13H2,1-2H3/b6-3-,10-9+. The van der Waals surface area contributed by atoms with Gasteiger partial charge in [-0.05, 0) is 47.5 Å². The van der Waals surface area contributed by atoms with Gasteiger partial charge in [0.2, 0.25) is 0 Å². The largest absolute Gasteiger partial charge is 0.504 e. The first kappa shape index (κ1) is 21.0. The minimum Gasteiger partial charge on any atom is -0.504 e. The Kier molecular flexibility index (Phi) is 6.84. The second-order valence-electron chi connectivity index (χ2n) is 5.77.